The first-order chi connectivity index (χ1) is 8.20. The number of benzene rings is 1. The van der Waals surface area contributed by atoms with Crippen LogP contribution in [-0.4, -0.2) is 37.5 Å². The molecule has 1 aliphatic rings. The van der Waals surface area contributed by atoms with Crippen molar-refractivity contribution in [3.05, 3.63) is 23.8 Å². The van der Waals surface area contributed by atoms with E-state index in [-0.39, 0.29) is 11.7 Å². The number of carboxylic acids is 1. The average molecular weight is 238 g/mol. The van der Waals surface area contributed by atoms with Crippen molar-refractivity contribution in [2.75, 3.05) is 20.3 Å². The molecule has 0 spiro atoms. The van der Waals surface area contributed by atoms with Gasteiger partial charge in [-0.2, -0.15) is 0 Å². The summed E-state index contributed by atoms with van der Waals surface area (Å²) in [5.74, 6) is -0.0103. The number of methoxy groups -OCH3 is 1. The fraction of sp³-hybridized carbons (Fsp3) is 0.417. The van der Waals surface area contributed by atoms with Gasteiger partial charge >= 0.3 is 5.97 Å². The molecule has 92 valence electrons. The molecule has 0 saturated carbocycles. The Labute approximate surface area is 98.9 Å². The SMILES string of the molecule is COc1cc(C(=O)O)ccc1OC1CCOC1. The Morgan fingerprint density at radius 1 is 1.47 bits per heavy atom. The zero-order chi connectivity index (χ0) is 12.3. The van der Waals surface area contributed by atoms with Crippen LogP contribution in [0.2, 0.25) is 0 Å². The minimum atomic E-state index is -0.987. The van der Waals surface area contributed by atoms with Crippen molar-refractivity contribution in [2.24, 2.45) is 0 Å². The van der Waals surface area contributed by atoms with Gasteiger partial charge in [-0.3, -0.25) is 0 Å². The average Bonchev–Trinajstić information content (AvgIpc) is 2.82. The molecular weight excluding hydrogens is 224 g/mol. The van der Waals surface area contributed by atoms with Gasteiger partial charge < -0.3 is 19.3 Å². The van der Waals surface area contributed by atoms with Crippen molar-refractivity contribution in [2.45, 2.75) is 12.5 Å². The molecule has 0 aromatic heterocycles. The molecule has 0 aliphatic carbocycles. The summed E-state index contributed by atoms with van der Waals surface area (Å²) in [4.78, 5) is 10.8. The summed E-state index contributed by atoms with van der Waals surface area (Å²) in [6, 6.07) is 4.56. The first-order valence-corrected chi connectivity index (χ1v) is 5.36. The topological polar surface area (TPSA) is 65.0 Å². The van der Waals surface area contributed by atoms with E-state index in [1.165, 1.54) is 19.2 Å². The molecule has 2 rings (SSSR count). The van der Waals surface area contributed by atoms with E-state index in [4.69, 9.17) is 19.3 Å². The molecule has 0 radical (unpaired) electrons. The normalized spacial score (nSPS) is 19.0. The van der Waals surface area contributed by atoms with Gasteiger partial charge in [-0.05, 0) is 18.2 Å². The van der Waals surface area contributed by atoms with Gasteiger partial charge in [0.05, 0.1) is 25.9 Å². The van der Waals surface area contributed by atoms with Crippen molar-refractivity contribution in [3.8, 4) is 11.5 Å². The van der Waals surface area contributed by atoms with Crippen LogP contribution in [0.3, 0.4) is 0 Å². The van der Waals surface area contributed by atoms with Crippen molar-refractivity contribution in [1.29, 1.82) is 0 Å². The maximum atomic E-state index is 10.8. The minimum Gasteiger partial charge on any atom is -0.493 e. The standard InChI is InChI=1S/C12H14O5/c1-15-11-6-8(12(13)14)2-3-10(11)17-9-4-5-16-7-9/h2-3,6,9H,4-5,7H2,1H3,(H,13,14). The van der Waals surface area contributed by atoms with Gasteiger partial charge in [-0.25, -0.2) is 4.79 Å². The second-order valence-electron chi connectivity index (χ2n) is 3.77. The van der Waals surface area contributed by atoms with Crippen LogP contribution >= 0.6 is 0 Å². The Morgan fingerprint density at radius 2 is 2.29 bits per heavy atom. The van der Waals surface area contributed by atoms with Crippen LogP contribution in [0.15, 0.2) is 18.2 Å². The number of carboxylic acid groups (broad SMARTS) is 1. The molecule has 0 amide bonds. The predicted molar refractivity (Wildman–Crippen MR) is 59.8 cm³/mol. The predicted octanol–water partition coefficient (Wildman–Crippen LogP) is 1.56. The van der Waals surface area contributed by atoms with Crippen LogP contribution in [0.5, 0.6) is 11.5 Å². The summed E-state index contributed by atoms with van der Waals surface area (Å²) in [6.07, 6.45) is 0.851. The molecule has 1 heterocycles. The molecule has 1 fully saturated rings. The first kappa shape index (κ1) is 11.7. The highest BCUT2D eigenvalue weighted by Crippen LogP contribution is 2.30. The third-order valence-electron chi connectivity index (χ3n) is 2.59. The lowest BCUT2D eigenvalue weighted by atomic mass is 10.2. The molecule has 1 aromatic rings. The van der Waals surface area contributed by atoms with Crippen LogP contribution in [0, 0.1) is 0 Å². The zero-order valence-corrected chi connectivity index (χ0v) is 9.51. The molecular formula is C12H14O5. The number of carbonyl (C=O) groups is 1. The van der Waals surface area contributed by atoms with E-state index in [1.807, 2.05) is 0 Å². The van der Waals surface area contributed by atoms with E-state index in [0.29, 0.717) is 24.7 Å². The highest BCUT2D eigenvalue weighted by Gasteiger charge is 2.19. The molecule has 5 heteroatoms. The second-order valence-corrected chi connectivity index (χ2v) is 3.77. The molecule has 1 aromatic carbocycles. The number of aromatic carboxylic acids is 1. The van der Waals surface area contributed by atoms with Crippen LogP contribution in [-0.2, 0) is 4.74 Å². The lowest BCUT2D eigenvalue weighted by molar-refractivity contribution is 0.0696. The van der Waals surface area contributed by atoms with E-state index in [1.54, 1.807) is 6.07 Å². The van der Waals surface area contributed by atoms with Gasteiger partial charge in [-0.15, -0.1) is 0 Å². The first-order valence-electron chi connectivity index (χ1n) is 5.36. The van der Waals surface area contributed by atoms with Crippen LogP contribution in [0.1, 0.15) is 16.8 Å². The number of hydrogen-bond acceptors (Lipinski definition) is 4. The molecule has 1 N–H and O–H groups in total. The highest BCUT2D eigenvalue weighted by atomic mass is 16.6. The Morgan fingerprint density at radius 3 is 2.88 bits per heavy atom. The Bertz CT molecular complexity index is 409. The second kappa shape index (κ2) is 5.05. The molecule has 1 atom stereocenters. The summed E-state index contributed by atoms with van der Waals surface area (Å²) in [5, 5.41) is 8.86. The van der Waals surface area contributed by atoms with Crippen molar-refractivity contribution >= 4 is 5.97 Å². The van der Waals surface area contributed by atoms with Gasteiger partial charge in [0.25, 0.3) is 0 Å². The van der Waals surface area contributed by atoms with Crippen LogP contribution in [0.4, 0.5) is 0 Å². The van der Waals surface area contributed by atoms with Crippen molar-refractivity contribution in [3.63, 3.8) is 0 Å². The zero-order valence-electron chi connectivity index (χ0n) is 9.51. The van der Waals surface area contributed by atoms with E-state index in [0.717, 1.165) is 6.42 Å². The summed E-state index contributed by atoms with van der Waals surface area (Å²) in [7, 11) is 1.49. The Hall–Kier alpha value is -1.75. The highest BCUT2D eigenvalue weighted by molar-refractivity contribution is 5.88. The Balaban J connectivity index is 2.18. The monoisotopic (exact) mass is 238 g/mol. The van der Waals surface area contributed by atoms with Crippen LogP contribution in [0.25, 0.3) is 0 Å². The number of ether oxygens (including phenoxy) is 3. The van der Waals surface area contributed by atoms with Crippen LogP contribution < -0.4 is 9.47 Å². The van der Waals surface area contributed by atoms with E-state index in [2.05, 4.69) is 0 Å². The summed E-state index contributed by atoms with van der Waals surface area (Å²) < 4.78 is 16.0. The van der Waals surface area contributed by atoms with Gasteiger partial charge in [0, 0.05) is 6.42 Å². The third-order valence-corrected chi connectivity index (χ3v) is 2.59. The lowest BCUT2D eigenvalue weighted by Crippen LogP contribution is -2.16. The van der Waals surface area contributed by atoms with Crippen molar-refractivity contribution in [1.82, 2.24) is 0 Å². The summed E-state index contributed by atoms with van der Waals surface area (Å²) >= 11 is 0. The molecule has 1 aliphatic heterocycles. The number of hydrogen-bond donors (Lipinski definition) is 1. The largest absolute Gasteiger partial charge is 0.493 e. The molecule has 1 unspecified atom stereocenters. The third kappa shape index (κ3) is 2.68. The lowest BCUT2D eigenvalue weighted by Gasteiger charge is -2.15. The maximum Gasteiger partial charge on any atom is 0.335 e. The number of rotatable bonds is 4. The van der Waals surface area contributed by atoms with E-state index >= 15 is 0 Å². The molecule has 0 bridgehead atoms. The molecule has 1 saturated heterocycles. The summed E-state index contributed by atoms with van der Waals surface area (Å²) in [6.45, 7) is 1.25. The van der Waals surface area contributed by atoms with Gasteiger partial charge in [-0.1, -0.05) is 0 Å². The maximum absolute atomic E-state index is 10.8. The minimum absolute atomic E-state index is 0.0135. The van der Waals surface area contributed by atoms with Crippen molar-refractivity contribution < 1.29 is 24.1 Å². The van der Waals surface area contributed by atoms with E-state index < -0.39 is 5.97 Å². The smallest absolute Gasteiger partial charge is 0.335 e. The van der Waals surface area contributed by atoms with Gasteiger partial charge in [0.2, 0.25) is 0 Å². The van der Waals surface area contributed by atoms with Gasteiger partial charge in [0.1, 0.15) is 6.10 Å². The molecule has 5 nitrogen and oxygen atoms in total. The fourth-order valence-electron chi connectivity index (χ4n) is 1.68. The molecule has 17 heavy (non-hydrogen) atoms. The summed E-state index contributed by atoms with van der Waals surface area (Å²) in [5.41, 5.74) is 0.178. The van der Waals surface area contributed by atoms with Gasteiger partial charge in [0.15, 0.2) is 11.5 Å². The van der Waals surface area contributed by atoms with E-state index in [9.17, 15) is 4.79 Å². The quantitative estimate of drug-likeness (QED) is 0.862. The Kier molecular flexibility index (Phi) is 3.49. The fourth-order valence-corrected chi connectivity index (χ4v) is 1.68.